The van der Waals surface area contributed by atoms with Crippen molar-refractivity contribution in [2.24, 2.45) is 10.8 Å². The van der Waals surface area contributed by atoms with E-state index in [2.05, 4.69) is 34.1 Å². The Labute approximate surface area is 237 Å². The smallest absolute Gasteiger partial charge is 0.163 e. The SMILES string of the molecule is CC1(C)CC(=O)C(C(C2=C(O)CC(C)(C)CC2=O)c2ccc(-c3ccc(-c4ccc(Br)s4)s3)s2)=C(O)C1. The molecule has 0 amide bonds. The van der Waals surface area contributed by atoms with Crippen LogP contribution in [0.3, 0.4) is 0 Å². The minimum Gasteiger partial charge on any atom is -0.512 e. The van der Waals surface area contributed by atoms with Crippen LogP contribution < -0.4 is 0 Å². The van der Waals surface area contributed by atoms with Gasteiger partial charge in [-0.1, -0.05) is 27.7 Å². The third kappa shape index (κ3) is 5.31. The fourth-order valence-electron chi connectivity index (χ4n) is 5.38. The normalized spacial score (nSPS) is 19.8. The number of hydrogen-bond acceptors (Lipinski definition) is 7. The number of halogens is 1. The van der Waals surface area contributed by atoms with Crippen LogP contribution in [0.1, 0.15) is 64.2 Å². The molecule has 0 unspecified atom stereocenters. The van der Waals surface area contributed by atoms with Crippen molar-refractivity contribution in [2.75, 3.05) is 0 Å². The predicted molar refractivity (Wildman–Crippen MR) is 157 cm³/mol. The lowest BCUT2D eigenvalue weighted by Crippen LogP contribution is -2.33. The van der Waals surface area contributed by atoms with E-state index in [1.165, 1.54) is 21.1 Å². The number of allylic oxidation sites excluding steroid dienone is 4. The summed E-state index contributed by atoms with van der Waals surface area (Å²) < 4.78 is 1.08. The summed E-state index contributed by atoms with van der Waals surface area (Å²) in [6.07, 6.45) is 1.31. The second-order valence-corrected chi connectivity index (χ2v) is 16.2. The van der Waals surface area contributed by atoms with E-state index in [0.717, 1.165) is 18.4 Å². The molecule has 0 aromatic carbocycles. The van der Waals surface area contributed by atoms with Crippen LogP contribution in [0.25, 0.3) is 19.5 Å². The molecule has 2 N–H and O–H groups in total. The number of Topliss-reactive ketones (excluding diaryl/α,β-unsaturated/α-hetero) is 2. The molecule has 0 saturated carbocycles. The number of ketones is 2. The minimum absolute atomic E-state index is 0.0285. The average molecular weight is 618 g/mol. The Morgan fingerprint density at radius 3 is 1.57 bits per heavy atom. The maximum atomic E-state index is 13.4. The highest BCUT2D eigenvalue weighted by atomic mass is 79.9. The molecule has 3 heterocycles. The summed E-state index contributed by atoms with van der Waals surface area (Å²) >= 11 is 8.42. The third-order valence-corrected chi connectivity index (χ3v) is 11.2. The van der Waals surface area contributed by atoms with Gasteiger partial charge in [0.2, 0.25) is 0 Å². The van der Waals surface area contributed by atoms with Crippen LogP contribution in [0, 0.1) is 10.8 Å². The van der Waals surface area contributed by atoms with E-state index in [1.54, 1.807) is 22.7 Å². The van der Waals surface area contributed by atoms with Crippen LogP contribution in [-0.2, 0) is 9.59 Å². The number of thiophene rings is 3. The molecule has 0 saturated heterocycles. The first-order valence-corrected chi connectivity index (χ1v) is 15.4. The van der Waals surface area contributed by atoms with Crippen molar-refractivity contribution in [1.82, 2.24) is 0 Å². The van der Waals surface area contributed by atoms with E-state index in [4.69, 9.17) is 0 Å². The Hall–Kier alpha value is -2.00. The zero-order valence-corrected chi connectivity index (χ0v) is 25.2. The lowest BCUT2D eigenvalue weighted by atomic mass is 9.68. The molecule has 2 aliphatic carbocycles. The number of carbonyl (C=O) groups is 2. The topological polar surface area (TPSA) is 74.6 Å². The van der Waals surface area contributed by atoms with Crippen LogP contribution in [0.2, 0.25) is 0 Å². The van der Waals surface area contributed by atoms with Gasteiger partial charge in [-0.05, 0) is 63.2 Å². The van der Waals surface area contributed by atoms with Gasteiger partial charge in [-0.15, -0.1) is 34.0 Å². The molecule has 0 radical (unpaired) electrons. The largest absolute Gasteiger partial charge is 0.512 e. The molecule has 3 aromatic heterocycles. The van der Waals surface area contributed by atoms with Crippen molar-refractivity contribution in [2.45, 2.75) is 59.3 Å². The fraction of sp³-hybridized carbons (Fsp3) is 0.379. The van der Waals surface area contributed by atoms with Gasteiger partial charge in [0.05, 0.1) is 9.70 Å². The molecule has 0 aliphatic heterocycles. The third-order valence-electron chi connectivity index (χ3n) is 6.95. The molecule has 5 rings (SSSR count). The van der Waals surface area contributed by atoms with E-state index in [1.807, 2.05) is 45.9 Å². The van der Waals surface area contributed by atoms with Crippen LogP contribution in [0.15, 0.2) is 62.8 Å². The maximum Gasteiger partial charge on any atom is 0.163 e. The Kier molecular flexibility index (Phi) is 6.92. The van der Waals surface area contributed by atoms with Gasteiger partial charge in [0.15, 0.2) is 11.6 Å². The second-order valence-electron chi connectivity index (χ2n) is 11.5. The number of carbonyl (C=O) groups excluding carboxylic acids is 2. The van der Waals surface area contributed by atoms with Gasteiger partial charge in [0.25, 0.3) is 0 Å². The molecular formula is C29H29BrO4S3. The Morgan fingerprint density at radius 1 is 0.676 bits per heavy atom. The van der Waals surface area contributed by atoms with E-state index in [9.17, 15) is 19.8 Å². The minimum atomic E-state index is -0.765. The van der Waals surface area contributed by atoms with Crippen LogP contribution >= 0.6 is 49.9 Å². The van der Waals surface area contributed by atoms with Gasteiger partial charge < -0.3 is 10.2 Å². The second kappa shape index (κ2) is 9.63. The standard InChI is InChI=1S/C29H29BrO4S3/c1-28(2)11-15(31)25(16(32)12-28)27(26-17(33)13-29(3,4)14-18(26)34)23-8-7-20(36-23)19-5-6-21(35-19)22-9-10-24(30)37-22/h5-10,27,31,33H,11-14H2,1-4H3. The van der Waals surface area contributed by atoms with Crippen molar-refractivity contribution in [3.63, 3.8) is 0 Å². The summed E-state index contributed by atoms with van der Waals surface area (Å²) in [4.78, 5) is 32.1. The quantitative estimate of drug-likeness (QED) is 0.299. The Morgan fingerprint density at radius 2 is 1.11 bits per heavy atom. The van der Waals surface area contributed by atoms with Gasteiger partial charge in [0, 0.05) is 61.2 Å². The van der Waals surface area contributed by atoms with Crippen molar-refractivity contribution in [3.8, 4) is 19.5 Å². The number of hydrogen-bond donors (Lipinski definition) is 2. The van der Waals surface area contributed by atoms with Crippen molar-refractivity contribution < 1.29 is 19.8 Å². The molecular weight excluding hydrogens is 588 g/mol. The van der Waals surface area contributed by atoms with Gasteiger partial charge >= 0.3 is 0 Å². The summed E-state index contributed by atoms with van der Waals surface area (Å²) in [5, 5.41) is 22.2. The Bertz CT molecular complexity index is 1410. The highest BCUT2D eigenvalue weighted by Gasteiger charge is 2.44. The van der Waals surface area contributed by atoms with Crippen LogP contribution in [0.4, 0.5) is 0 Å². The number of rotatable bonds is 5. The zero-order valence-electron chi connectivity index (χ0n) is 21.2. The highest BCUT2D eigenvalue weighted by molar-refractivity contribution is 9.11. The molecule has 4 nitrogen and oxygen atoms in total. The summed E-state index contributed by atoms with van der Waals surface area (Å²) in [5.74, 6) is -1.03. The first-order chi connectivity index (χ1) is 17.3. The average Bonchev–Trinajstić information content (AvgIpc) is 3.50. The van der Waals surface area contributed by atoms with Crippen molar-refractivity contribution in [3.05, 3.63) is 67.7 Å². The Balaban J connectivity index is 1.60. The maximum absolute atomic E-state index is 13.4. The van der Waals surface area contributed by atoms with E-state index in [-0.39, 0.29) is 45.1 Å². The lowest BCUT2D eigenvalue weighted by molar-refractivity contribution is -0.119. The summed E-state index contributed by atoms with van der Waals surface area (Å²) in [6, 6.07) is 12.3. The highest BCUT2D eigenvalue weighted by Crippen LogP contribution is 2.50. The molecule has 2 aliphatic rings. The predicted octanol–water partition coefficient (Wildman–Crippen LogP) is 9.45. The zero-order chi connectivity index (χ0) is 26.7. The fourth-order valence-corrected chi connectivity index (χ4v) is 9.08. The van der Waals surface area contributed by atoms with E-state index in [0.29, 0.717) is 25.7 Å². The van der Waals surface area contributed by atoms with Crippen molar-refractivity contribution >= 4 is 61.5 Å². The van der Waals surface area contributed by atoms with E-state index >= 15 is 0 Å². The lowest BCUT2D eigenvalue weighted by Gasteiger charge is -2.36. The first-order valence-electron chi connectivity index (χ1n) is 12.2. The molecule has 194 valence electrons. The monoisotopic (exact) mass is 616 g/mol. The van der Waals surface area contributed by atoms with Gasteiger partial charge in [-0.25, -0.2) is 0 Å². The molecule has 0 spiro atoms. The van der Waals surface area contributed by atoms with Crippen molar-refractivity contribution in [1.29, 1.82) is 0 Å². The number of aliphatic hydroxyl groups is 2. The summed E-state index contributed by atoms with van der Waals surface area (Å²) in [5.41, 5.74) is -0.181. The molecule has 37 heavy (non-hydrogen) atoms. The van der Waals surface area contributed by atoms with Crippen LogP contribution in [-0.4, -0.2) is 21.8 Å². The summed E-state index contributed by atoms with van der Waals surface area (Å²) in [6.45, 7) is 7.84. The van der Waals surface area contributed by atoms with E-state index < -0.39 is 5.92 Å². The first kappa shape index (κ1) is 26.6. The molecule has 3 aromatic rings. The molecule has 0 atom stereocenters. The van der Waals surface area contributed by atoms with Gasteiger partial charge in [0.1, 0.15) is 11.5 Å². The van der Waals surface area contributed by atoms with Gasteiger partial charge in [-0.3, -0.25) is 9.59 Å². The van der Waals surface area contributed by atoms with Gasteiger partial charge in [-0.2, -0.15) is 0 Å². The van der Waals surface area contributed by atoms with Crippen LogP contribution in [0.5, 0.6) is 0 Å². The number of aliphatic hydroxyl groups excluding tert-OH is 2. The summed E-state index contributed by atoms with van der Waals surface area (Å²) in [7, 11) is 0. The molecule has 0 fully saturated rings. The molecule has 8 heteroatoms. The molecule has 0 bridgehead atoms.